The van der Waals surface area contributed by atoms with E-state index in [4.69, 9.17) is 10.00 Å². The molecule has 102 valence electrons. The number of thioether (sulfide) groups is 1. The van der Waals surface area contributed by atoms with E-state index in [2.05, 4.69) is 19.6 Å². The summed E-state index contributed by atoms with van der Waals surface area (Å²) in [5.41, 5.74) is 0.102. The molecule has 0 aliphatic heterocycles. The molecule has 0 aliphatic carbocycles. The van der Waals surface area contributed by atoms with E-state index >= 15 is 0 Å². The first-order valence-electron chi connectivity index (χ1n) is 5.83. The number of carbonyl (C=O) groups is 1. The van der Waals surface area contributed by atoms with Crippen molar-refractivity contribution in [1.29, 1.82) is 5.26 Å². The second-order valence-electron chi connectivity index (χ2n) is 5.13. The maximum absolute atomic E-state index is 11.7. The molecule has 0 amide bonds. The molecule has 0 aromatic heterocycles. The summed E-state index contributed by atoms with van der Waals surface area (Å²) in [5.74, 6) is -0.535. The van der Waals surface area contributed by atoms with E-state index in [0.29, 0.717) is 5.03 Å². The van der Waals surface area contributed by atoms with Gasteiger partial charge in [-0.3, -0.25) is 0 Å². The summed E-state index contributed by atoms with van der Waals surface area (Å²) in [7, 11) is 0.623. The van der Waals surface area contributed by atoms with Gasteiger partial charge in [0.1, 0.15) is 6.07 Å². The molecule has 18 heavy (non-hydrogen) atoms. The molecule has 0 radical (unpaired) electrons. The topological polar surface area (TPSA) is 53.3 Å². The van der Waals surface area contributed by atoms with Gasteiger partial charge in [-0.25, -0.2) is 4.79 Å². The Hall–Kier alpha value is -0.933. The highest BCUT2D eigenvalue weighted by Crippen LogP contribution is 2.22. The van der Waals surface area contributed by atoms with Crippen LogP contribution in [0.25, 0.3) is 0 Å². The first-order chi connectivity index (χ1) is 8.26. The third kappa shape index (κ3) is 5.60. The van der Waals surface area contributed by atoms with E-state index in [1.54, 1.807) is 6.92 Å². The van der Waals surface area contributed by atoms with Crippen molar-refractivity contribution in [3.05, 3.63) is 10.6 Å². The molecule has 6 heteroatoms. The Morgan fingerprint density at radius 3 is 2.33 bits per heavy atom. The molecule has 0 unspecified atom stereocenters. The second kappa shape index (κ2) is 7.49. The van der Waals surface area contributed by atoms with Gasteiger partial charge in [0.05, 0.1) is 19.7 Å². The Balaban J connectivity index is 5.23. The molecule has 0 N–H and O–H groups in total. The number of nitriles is 1. The Morgan fingerprint density at radius 1 is 1.44 bits per heavy atom. The van der Waals surface area contributed by atoms with E-state index in [-0.39, 0.29) is 12.2 Å². The molecule has 0 atom stereocenters. The minimum Gasteiger partial charge on any atom is -0.462 e. The van der Waals surface area contributed by atoms with E-state index in [9.17, 15) is 4.79 Å². The van der Waals surface area contributed by atoms with Crippen molar-refractivity contribution in [3.63, 3.8) is 0 Å². The maximum atomic E-state index is 11.7. The smallest absolute Gasteiger partial charge is 0.351 e. The van der Waals surface area contributed by atoms with Gasteiger partial charge in [0.15, 0.2) is 5.57 Å². The maximum Gasteiger partial charge on any atom is 0.351 e. The van der Waals surface area contributed by atoms with Crippen LogP contribution in [0.1, 0.15) is 6.92 Å². The van der Waals surface area contributed by atoms with Crippen molar-refractivity contribution >= 4 is 25.8 Å². The summed E-state index contributed by atoms with van der Waals surface area (Å²) in [4.78, 5) is 13.7. The van der Waals surface area contributed by atoms with Gasteiger partial charge < -0.3 is 9.64 Å². The van der Waals surface area contributed by atoms with Gasteiger partial charge in [0.25, 0.3) is 0 Å². The van der Waals surface area contributed by atoms with Crippen LogP contribution in [0.2, 0.25) is 19.6 Å². The summed E-state index contributed by atoms with van der Waals surface area (Å²) in [5, 5.41) is 9.83. The summed E-state index contributed by atoms with van der Waals surface area (Å²) in [6.07, 6.45) is 2.76. The van der Waals surface area contributed by atoms with Gasteiger partial charge in [-0.15, -0.1) is 11.8 Å². The molecule has 0 aromatic carbocycles. The van der Waals surface area contributed by atoms with Gasteiger partial charge >= 0.3 is 5.97 Å². The number of nitrogens with zero attached hydrogens (tertiary/aromatic N) is 2. The zero-order valence-electron chi connectivity index (χ0n) is 12.0. The van der Waals surface area contributed by atoms with Gasteiger partial charge in [0.2, 0.25) is 0 Å². The molecule has 0 spiro atoms. The van der Waals surface area contributed by atoms with Crippen LogP contribution < -0.4 is 0 Å². The lowest BCUT2D eigenvalue weighted by Gasteiger charge is -2.28. The Labute approximate surface area is 115 Å². The van der Waals surface area contributed by atoms with Gasteiger partial charge in [0, 0.05) is 13.2 Å². The van der Waals surface area contributed by atoms with Crippen molar-refractivity contribution in [2.45, 2.75) is 26.6 Å². The Morgan fingerprint density at radius 2 is 2.00 bits per heavy atom. The molecule has 0 aromatic rings. The van der Waals surface area contributed by atoms with Crippen molar-refractivity contribution in [2.24, 2.45) is 0 Å². The zero-order chi connectivity index (χ0) is 14.3. The Kier molecular flexibility index (Phi) is 7.10. The summed E-state index contributed by atoms with van der Waals surface area (Å²) < 4.78 is 4.91. The van der Waals surface area contributed by atoms with Crippen molar-refractivity contribution in [3.8, 4) is 6.07 Å². The molecular formula is C12H22N2O2SSi. The average molecular weight is 286 g/mol. The number of esters is 1. The molecule has 0 heterocycles. The number of hydrogen-bond acceptors (Lipinski definition) is 5. The molecule has 0 fully saturated rings. The summed E-state index contributed by atoms with van der Waals surface area (Å²) in [6, 6.07) is 1.96. The quantitative estimate of drug-likeness (QED) is 0.325. The fraction of sp³-hybridized carbons (Fsp3) is 0.667. The van der Waals surface area contributed by atoms with Gasteiger partial charge in [-0.1, -0.05) is 19.6 Å². The second-order valence-corrected chi connectivity index (χ2v) is 11.4. The summed E-state index contributed by atoms with van der Waals surface area (Å²) in [6.45, 7) is 8.76. The fourth-order valence-electron chi connectivity index (χ4n) is 1.62. The van der Waals surface area contributed by atoms with Crippen LogP contribution in [0.15, 0.2) is 10.6 Å². The van der Waals surface area contributed by atoms with Gasteiger partial charge in [-0.2, -0.15) is 5.26 Å². The van der Waals surface area contributed by atoms with Gasteiger partial charge in [-0.05, 0) is 13.2 Å². The highest BCUT2D eigenvalue weighted by molar-refractivity contribution is 8.02. The van der Waals surface area contributed by atoms with Crippen LogP contribution in [0, 0.1) is 11.3 Å². The van der Waals surface area contributed by atoms with E-state index in [0.717, 1.165) is 6.17 Å². The van der Waals surface area contributed by atoms with Crippen LogP contribution in [0.3, 0.4) is 0 Å². The first-order valence-corrected chi connectivity index (χ1v) is 10.8. The standard InChI is InChI=1S/C12H22N2O2SSi/c1-7-16-12(15)10(8-13)11(17-3)14(2)9-18(4,5)6/h7,9H2,1-6H3/b11-10+. The van der Waals surface area contributed by atoms with Crippen LogP contribution in [0.4, 0.5) is 0 Å². The van der Waals surface area contributed by atoms with Crippen LogP contribution in [-0.4, -0.2) is 45.0 Å². The minimum atomic E-state index is -1.29. The average Bonchev–Trinajstić information content (AvgIpc) is 2.22. The largest absolute Gasteiger partial charge is 0.462 e. The van der Waals surface area contributed by atoms with Crippen molar-refractivity contribution in [1.82, 2.24) is 4.90 Å². The molecule has 0 aliphatic rings. The summed E-state index contributed by atoms with van der Waals surface area (Å²) >= 11 is 1.41. The first kappa shape index (κ1) is 17.1. The predicted molar refractivity (Wildman–Crippen MR) is 78.8 cm³/mol. The molecule has 0 bridgehead atoms. The molecule has 4 nitrogen and oxygen atoms in total. The van der Waals surface area contributed by atoms with Crippen LogP contribution in [-0.2, 0) is 9.53 Å². The minimum absolute atomic E-state index is 0.102. The van der Waals surface area contributed by atoms with E-state index < -0.39 is 14.0 Å². The number of carbonyl (C=O) groups excluding carboxylic acids is 1. The monoisotopic (exact) mass is 286 g/mol. The third-order valence-electron chi connectivity index (χ3n) is 2.06. The number of ether oxygens (including phenoxy) is 1. The van der Waals surface area contributed by atoms with Crippen molar-refractivity contribution in [2.75, 3.05) is 26.1 Å². The van der Waals surface area contributed by atoms with E-state index in [1.165, 1.54) is 11.8 Å². The number of hydrogen-bond donors (Lipinski definition) is 0. The molecule has 0 saturated heterocycles. The highest BCUT2D eigenvalue weighted by Gasteiger charge is 2.23. The fourth-order valence-corrected chi connectivity index (χ4v) is 4.02. The number of rotatable bonds is 6. The van der Waals surface area contributed by atoms with Crippen LogP contribution in [0.5, 0.6) is 0 Å². The lowest BCUT2D eigenvalue weighted by atomic mass is 10.3. The van der Waals surface area contributed by atoms with Crippen molar-refractivity contribution < 1.29 is 9.53 Å². The lowest BCUT2D eigenvalue weighted by Crippen LogP contribution is -2.37. The zero-order valence-corrected chi connectivity index (χ0v) is 13.8. The normalized spacial score (nSPS) is 12.5. The Bertz CT molecular complexity index is 369. The third-order valence-corrected chi connectivity index (χ3v) is 4.38. The lowest BCUT2D eigenvalue weighted by molar-refractivity contribution is -0.138. The van der Waals surface area contributed by atoms with E-state index in [1.807, 2.05) is 24.3 Å². The highest BCUT2D eigenvalue weighted by atomic mass is 32.2. The van der Waals surface area contributed by atoms with Crippen LogP contribution >= 0.6 is 11.8 Å². The SMILES string of the molecule is CCOC(=O)/C(C#N)=C(/SC)N(C)C[Si](C)(C)C. The molecular weight excluding hydrogens is 264 g/mol. The molecule has 0 rings (SSSR count). The predicted octanol–water partition coefficient (Wildman–Crippen LogP) is 2.46. The molecule has 0 saturated carbocycles.